The highest BCUT2D eigenvalue weighted by atomic mass is 32.1. The summed E-state index contributed by atoms with van der Waals surface area (Å²) in [6.45, 7) is 0.567. The third-order valence-corrected chi connectivity index (χ3v) is 5.72. The van der Waals surface area contributed by atoms with Crippen LogP contribution in [-0.4, -0.2) is 27.0 Å². The van der Waals surface area contributed by atoms with Crippen molar-refractivity contribution in [2.75, 3.05) is 6.54 Å². The molecule has 0 fully saturated rings. The first kappa shape index (κ1) is 15.3. The van der Waals surface area contributed by atoms with Gasteiger partial charge >= 0.3 is 0 Å². The minimum absolute atomic E-state index is 0.0295. The standard InChI is InChI=1S/C18H20N4OS/c23-18(15-12-13-6-2-1-3-7-14(13)24-15)19-10-9-17-21-20-16-8-4-5-11-22(16)17/h4-5,8,11-12H,1-3,6-7,9-10H2,(H,19,23). The van der Waals surface area contributed by atoms with Gasteiger partial charge in [0.05, 0.1) is 4.88 Å². The summed E-state index contributed by atoms with van der Waals surface area (Å²) in [7, 11) is 0. The van der Waals surface area contributed by atoms with Gasteiger partial charge in [-0.3, -0.25) is 9.20 Å². The molecule has 0 bridgehead atoms. The molecule has 24 heavy (non-hydrogen) atoms. The smallest absolute Gasteiger partial charge is 0.261 e. The second-order valence-corrected chi connectivity index (χ2v) is 7.31. The Bertz CT molecular complexity index is 843. The van der Waals surface area contributed by atoms with Crippen molar-refractivity contribution in [3.63, 3.8) is 0 Å². The fourth-order valence-electron chi connectivity index (χ4n) is 3.22. The molecule has 3 heterocycles. The van der Waals surface area contributed by atoms with Crippen LogP contribution >= 0.6 is 11.3 Å². The lowest BCUT2D eigenvalue weighted by molar-refractivity contribution is 0.0958. The molecule has 124 valence electrons. The minimum atomic E-state index is 0.0295. The van der Waals surface area contributed by atoms with Crippen molar-refractivity contribution < 1.29 is 4.79 Å². The molecule has 0 atom stereocenters. The highest BCUT2D eigenvalue weighted by Gasteiger charge is 2.16. The number of aryl methyl sites for hydroxylation is 2. The molecule has 0 unspecified atom stereocenters. The van der Waals surface area contributed by atoms with Gasteiger partial charge in [-0.05, 0) is 49.4 Å². The van der Waals surface area contributed by atoms with Crippen LogP contribution in [-0.2, 0) is 19.3 Å². The fourth-order valence-corrected chi connectivity index (χ4v) is 4.39. The lowest BCUT2D eigenvalue weighted by Crippen LogP contribution is -2.25. The number of thiophene rings is 1. The summed E-state index contributed by atoms with van der Waals surface area (Å²) in [6.07, 6.45) is 8.64. The van der Waals surface area contributed by atoms with Gasteiger partial charge in [-0.25, -0.2) is 0 Å². The lowest BCUT2D eigenvalue weighted by atomic mass is 10.1. The van der Waals surface area contributed by atoms with Gasteiger partial charge in [0.15, 0.2) is 5.65 Å². The number of pyridine rings is 1. The summed E-state index contributed by atoms with van der Waals surface area (Å²) >= 11 is 1.66. The maximum Gasteiger partial charge on any atom is 0.261 e. The Kier molecular flexibility index (Phi) is 4.30. The van der Waals surface area contributed by atoms with E-state index >= 15 is 0 Å². The van der Waals surface area contributed by atoms with Gasteiger partial charge in [0.1, 0.15) is 5.82 Å². The molecular weight excluding hydrogens is 320 g/mol. The predicted molar refractivity (Wildman–Crippen MR) is 94.6 cm³/mol. The quantitative estimate of drug-likeness (QED) is 0.743. The molecule has 0 saturated carbocycles. The minimum Gasteiger partial charge on any atom is -0.351 e. The maximum atomic E-state index is 12.4. The van der Waals surface area contributed by atoms with Gasteiger partial charge in [-0.15, -0.1) is 21.5 Å². The summed E-state index contributed by atoms with van der Waals surface area (Å²) in [5.74, 6) is 0.898. The first-order valence-electron chi connectivity index (χ1n) is 8.50. The third-order valence-electron chi connectivity index (χ3n) is 4.49. The summed E-state index contributed by atoms with van der Waals surface area (Å²) in [6, 6.07) is 7.91. The zero-order valence-corrected chi connectivity index (χ0v) is 14.3. The molecular formula is C18H20N4OS. The molecule has 0 saturated heterocycles. The molecule has 4 rings (SSSR count). The Morgan fingerprint density at radius 3 is 3.08 bits per heavy atom. The number of fused-ring (bicyclic) bond motifs is 2. The second-order valence-electron chi connectivity index (χ2n) is 6.17. The van der Waals surface area contributed by atoms with Crippen molar-refractivity contribution in [3.05, 3.63) is 51.6 Å². The van der Waals surface area contributed by atoms with Gasteiger partial charge in [-0.1, -0.05) is 12.5 Å². The summed E-state index contributed by atoms with van der Waals surface area (Å²) in [5.41, 5.74) is 2.21. The van der Waals surface area contributed by atoms with Crippen molar-refractivity contribution in [2.24, 2.45) is 0 Å². The van der Waals surface area contributed by atoms with Crippen LogP contribution in [0.5, 0.6) is 0 Å². The highest BCUT2D eigenvalue weighted by molar-refractivity contribution is 7.14. The van der Waals surface area contributed by atoms with Crippen molar-refractivity contribution in [1.82, 2.24) is 19.9 Å². The maximum absolute atomic E-state index is 12.4. The topological polar surface area (TPSA) is 59.3 Å². The largest absolute Gasteiger partial charge is 0.351 e. The zero-order chi connectivity index (χ0) is 16.4. The Morgan fingerprint density at radius 1 is 1.21 bits per heavy atom. The molecule has 3 aromatic rings. The predicted octanol–water partition coefficient (Wildman–Crippen LogP) is 3.03. The van der Waals surface area contributed by atoms with Crippen LogP contribution in [0.15, 0.2) is 30.5 Å². The molecule has 6 heteroatoms. The van der Waals surface area contributed by atoms with E-state index in [1.165, 1.54) is 29.7 Å². The SMILES string of the molecule is O=C(NCCc1nnc2ccccn12)c1cc2c(s1)CCCCC2. The Labute approximate surface area is 144 Å². The zero-order valence-electron chi connectivity index (χ0n) is 13.5. The third kappa shape index (κ3) is 3.06. The van der Waals surface area contributed by atoms with E-state index in [4.69, 9.17) is 0 Å². The van der Waals surface area contributed by atoms with Crippen LogP contribution in [0.3, 0.4) is 0 Å². The second kappa shape index (κ2) is 6.73. The summed E-state index contributed by atoms with van der Waals surface area (Å²) < 4.78 is 1.96. The highest BCUT2D eigenvalue weighted by Crippen LogP contribution is 2.28. The number of nitrogens with one attached hydrogen (secondary N) is 1. The van der Waals surface area contributed by atoms with E-state index in [2.05, 4.69) is 21.6 Å². The number of rotatable bonds is 4. The Balaban J connectivity index is 1.38. The van der Waals surface area contributed by atoms with Crippen LogP contribution in [0.2, 0.25) is 0 Å². The van der Waals surface area contributed by atoms with Crippen LogP contribution in [0.25, 0.3) is 5.65 Å². The van der Waals surface area contributed by atoms with Crippen LogP contribution in [0.4, 0.5) is 0 Å². The Morgan fingerprint density at radius 2 is 2.12 bits per heavy atom. The van der Waals surface area contributed by atoms with E-state index in [1.54, 1.807) is 11.3 Å². The van der Waals surface area contributed by atoms with Crippen LogP contribution in [0, 0.1) is 0 Å². The molecule has 1 amide bonds. The monoisotopic (exact) mass is 340 g/mol. The number of nitrogens with zero attached hydrogens (tertiary/aromatic N) is 3. The average Bonchev–Trinajstić information content (AvgIpc) is 3.13. The molecule has 1 aliphatic carbocycles. The van der Waals surface area contributed by atoms with Gasteiger partial charge in [0, 0.05) is 24.0 Å². The van der Waals surface area contributed by atoms with Crippen LogP contribution < -0.4 is 5.32 Å². The summed E-state index contributed by atoms with van der Waals surface area (Å²) in [4.78, 5) is 14.6. The van der Waals surface area contributed by atoms with E-state index in [9.17, 15) is 4.79 Å². The van der Waals surface area contributed by atoms with Crippen LogP contribution in [0.1, 0.15) is 45.2 Å². The molecule has 0 radical (unpaired) electrons. The Hall–Kier alpha value is -2.21. The van der Waals surface area contributed by atoms with E-state index in [-0.39, 0.29) is 5.91 Å². The van der Waals surface area contributed by atoms with Crippen molar-refractivity contribution in [3.8, 4) is 0 Å². The molecule has 1 N–H and O–H groups in total. The molecule has 0 spiro atoms. The number of amides is 1. The van der Waals surface area contributed by atoms with E-state index in [1.807, 2.05) is 28.8 Å². The molecule has 3 aromatic heterocycles. The first-order valence-corrected chi connectivity index (χ1v) is 9.31. The molecule has 5 nitrogen and oxygen atoms in total. The molecule has 0 aromatic carbocycles. The average molecular weight is 340 g/mol. The fraction of sp³-hybridized carbons (Fsp3) is 0.389. The molecule has 1 aliphatic rings. The van der Waals surface area contributed by atoms with Crippen molar-refractivity contribution in [2.45, 2.75) is 38.5 Å². The van der Waals surface area contributed by atoms with Gasteiger partial charge in [-0.2, -0.15) is 0 Å². The van der Waals surface area contributed by atoms with E-state index < -0.39 is 0 Å². The van der Waals surface area contributed by atoms with Gasteiger partial charge < -0.3 is 5.32 Å². The van der Waals surface area contributed by atoms with E-state index in [0.29, 0.717) is 13.0 Å². The number of hydrogen-bond donors (Lipinski definition) is 1. The van der Waals surface area contributed by atoms with Crippen molar-refractivity contribution >= 4 is 22.9 Å². The van der Waals surface area contributed by atoms with Gasteiger partial charge in [0.25, 0.3) is 5.91 Å². The lowest BCUT2D eigenvalue weighted by Gasteiger charge is -2.03. The number of carbonyl (C=O) groups is 1. The van der Waals surface area contributed by atoms with Crippen molar-refractivity contribution in [1.29, 1.82) is 0 Å². The molecule has 0 aliphatic heterocycles. The normalized spacial score (nSPS) is 14.3. The number of carbonyl (C=O) groups excluding carboxylic acids is 1. The number of hydrogen-bond acceptors (Lipinski definition) is 4. The van der Waals surface area contributed by atoms with E-state index in [0.717, 1.165) is 29.2 Å². The number of aromatic nitrogens is 3. The summed E-state index contributed by atoms with van der Waals surface area (Å²) in [5, 5.41) is 11.3. The van der Waals surface area contributed by atoms with Gasteiger partial charge in [0.2, 0.25) is 0 Å². The first-order chi connectivity index (χ1) is 11.8.